The predicted molar refractivity (Wildman–Crippen MR) is 128 cm³/mol. The van der Waals surface area contributed by atoms with Crippen LogP contribution < -0.4 is 18.7 Å². The van der Waals surface area contributed by atoms with Gasteiger partial charge in [-0.15, -0.1) is 0 Å². The third kappa shape index (κ3) is 4.39. The Morgan fingerprint density at radius 1 is 1.00 bits per heavy atom. The first kappa shape index (κ1) is 22.7. The van der Waals surface area contributed by atoms with Gasteiger partial charge in [0.15, 0.2) is 0 Å². The maximum atomic E-state index is 13.7. The van der Waals surface area contributed by atoms with E-state index in [9.17, 15) is 13.2 Å². The average Bonchev–Trinajstić information content (AvgIpc) is 3.26. The van der Waals surface area contributed by atoms with Crippen LogP contribution in [0.4, 0.5) is 11.4 Å². The molecule has 4 rings (SSSR count). The van der Waals surface area contributed by atoms with Crippen LogP contribution in [0.25, 0.3) is 0 Å². The number of carbonyl (C=O) groups is 1. The summed E-state index contributed by atoms with van der Waals surface area (Å²) in [5.74, 6) is 0.497. The lowest BCUT2D eigenvalue weighted by Crippen LogP contribution is -2.42. The summed E-state index contributed by atoms with van der Waals surface area (Å²) < 4.78 is 39.3. The fraction of sp³-hybridized carbons (Fsp3) is 0.240. The minimum atomic E-state index is -4.06. The van der Waals surface area contributed by atoms with E-state index in [0.717, 1.165) is 27.5 Å². The van der Waals surface area contributed by atoms with Gasteiger partial charge in [0, 0.05) is 18.3 Å². The van der Waals surface area contributed by atoms with Crippen LogP contribution in [0.2, 0.25) is 0 Å². The summed E-state index contributed by atoms with van der Waals surface area (Å²) in [6.07, 6.45) is 0.735. The molecule has 33 heavy (non-hydrogen) atoms. The molecule has 0 aliphatic carbocycles. The Bertz CT molecular complexity index is 1270. The van der Waals surface area contributed by atoms with Gasteiger partial charge in [0.25, 0.3) is 10.0 Å². The molecule has 1 amide bonds. The molecular formula is C25H26N2O5S. The molecule has 3 aromatic rings. The van der Waals surface area contributed by atoms with E-state index >= 15 is 0 Å². The average molecular weight is 467 g/mol. The largest absolute Gasteiger partial charge is 0.497 e. The van der Waals surface area contributed by atoms with E-state index in [-0.39, 0.29) is 23.0 Å². The Hall–Kier alpha value is -3.52. The number of hydrogen-bond donors (Lipinski definition) is 0. The first-order valence-corrected chi connectivity index (χ1v) is 12.0. The van der Waals surface area contributed by atoms with Gasteiger partial charge in [0.2, 0.25) is 5.91 Å². The van der Waals surface area contributed by atoms with Gasteiger partial charge < -0.3 is 14.4 Å². The van der Waals surface area contributed by atoms with Gasteiger partial charge in [-0.2, -0.15) is 0 Å². The number of aryl methyl sites for hydroxylation is 1. The first-order chi connectivity index (χ1) is 15.8. The van der Waals surface area contributed by atoms with E-state index in [1.807, 2.05) is 31.2 Å². The van der Waals surface area contributed by atoms with E-state index in [1.165, 1.54) is 14.2 Å². The number of benzene rings is 3. The second-order valence-electron chi connectivity index (χ2n) is 7.79. The van der Waals surface area contributed by atoms with Gasteiger partial charge in [0.1, 0.15) is 18.0 Å². The number of ether oxygens (including phenoxy) is 2. The fourth-order valence-electron chi connectivity index (χ4n) is 3.93. The SMILES string of the molecule is COc1ccc(N(CC(=O)N2CCc3ccccc32)S(=O)(=O)c2ccc(C)cc2)c(OC)c1. The molecule has 7 nitrogen and oxygen atoms in total. The number of rotatable bonds is 7. The van der Waals surface area contributed by atoms with Crippen LogP contribution in [0.3, 0.4) is 0 Å². The van der Waals surface area contributed by atoms with E-state index in [4.69, 9.17) is 9.47 Å². The highest BCUT2D eigenvalue weighted by molar-refractivity contribution is 7.92. The second-order valence-corrected chi connectivity index (χ2v) is 9.65. The normalized spacial score (nSPS) is 12.9. The Morgan fingerprint density at radius 2 is 1.73 bits per heavy atom. The molecule has 0 unspecified atom stereocenters. The fourth-order valence-corrected chi connectivity index (χ4v) is 5.36. The quantitative estimate of drug-likeness (QED) is 0.530. The van der Waals surface area contributed by atoms with Crippen LogP contribution >= 0.6 is 0 Å². The van der Waals surface area contributed by atoms with E-state index in [2.05, 4.69) is 0 Å². The molecule has 0 fully saturated rings. The topological polar surface area (TPSA) is 76.2 Å². The molecule has 0 radical (unpaired) electrons. The minimum absolute atomic E-state index is 0.0978. The molecule has 0 saturated heterocycles. The molecule has 1 aliphatic heterocycles. The molecule has 0 aromatic heterocycles. The molecule has 0 saturated carbocycles. The molecule has 1 heterocycles. The van der Waals surface area contributed by atoms with Gasteiger partial charge in [-0.3, -0.25) is 9.10 Å². The van der Waals surface area contributed by atoms with Gasteiger partial charge in [-0.25, -0.2) is 8.42 Å². The molecule has 0 bridgehead atoms. The monoisotopic (exact) mass is 466 g/mol. The number of methoxy groups -OCH3 is 2. The van der Waals surface area contributed by atoms with E-state index in [0.29, 0.717) is 18.0 Å². The Labute approximate surface area is 194 Å². The third-order valence-corrected chi connectivity index (χ3v) is 7.51. The summed E-state index contributed by atoms with van der Waals surface area (Å²) in [6, 6.07) is 19.1. The van der Waals surface area contributed by atoms with Crippen LogP contribution in [-0.2, 0) is 21.2 Å². The Morgan fingerprint density at radius 3 is 2.42 bits per heavy atom. The smallest absolute Gasteiger partial charge is 0.264 e. The third-order valence-electron chi connectivity index (χ3n) is 5.73. The number of fused-ring (bicyclic) bond motifs is 1. The Kier molecular flexibility index (Phi) is 6.29. The standard InChI is InChI=1S/C25H26N2O5S/c1-18-8-11-21(12-9-18)33(29,30)27(23-13-10-20(31-2)16-24(23)32-3)17-25(28)26-15-14-19-6-4-5-7-22(19)26/h4-13,16H,14-15,17H2,1-3H3. The molecule has 1 aliphatic rings. The van der Waals surface area contributed by atoms with Crippen molar-refractivity contribution in [2.45, 2.75) is 18.2 Å². The molecule has 0 N–H and O–H groups in total. The second kappa shape index (κ2) is 9.15. The highest BCUT2D eigenvalue weighted by Crippen LogP contribution is 2.36. The van der Waals surface area contributed by atoms with Crippen molar-refractivity contribution in [3.05, 3.63) is 77.9 Å². The number of carbonyl (C=O) groups excluding carboxylic acids is 1. The summed E-state index contributed by atoms with van der Waals surface area (Å²) in [5.41, 5.74) is 3.09. The maximum Gasteiger partial charge on any atom is 0.264 e. The molecule has 8 heteroatoms. The maximum absolute atomic E-state index is 13.7. The van der Waals surface area contributed by atoms with Gasteiger partial charge in [-0.1, -0.05) is 35.9 Å². The number of anilines is 2. The van der Waals surface area contributed by atoms with Crippen molar-refractivity contribution in [3.8, 4) is 11.5 Å². The summed E-state index contributed by atoms with van der Waals surface area (Å²) in [5, 5.41) is 0. The zero-order chi connectivity index (χ0) is 23.6. The first-order valence-electron chi connectivity index (χ1n) is 10.5. The summed E-state index contributed by atoms with van der Waals surface area (Å²) >= 11 is 0. The van der Waals surface area contributed by atoms with Crippen molar-refractivity contribution in [1.29, 1.82) is 0 Å². The van der Waals surface area contributed by atoms with Crippen LogP contribution in [0.5, 0.6) is 11.5 Å². The lowest BCUT2D eigenvalue weighted by Gasteiger charge is -2.28. The molecular weight excluding hydrogens is 440 g/mol. The molecule has 0 atom stereocenters. The molecule has 172 valence electrons. The zero-order valence-corrected chi connectivity index (χ0v) is 19.6. The van der Waals surface area contributed by atoms with Gasteiger partial charge in [0.05, 0.1) is 24.8 Å². The molecule has 0 spiro atoms. The number of nitrogens with zero attached hydrogens (tertiary/aromatic N) is 2. The van der Waals surface area contributed by atoms with Crippen LogP contribution in [0.1, 0.15) is 11.1 Å². The van der Waals surface area contributed by atoms with Crippen molar-refractivity contribution >= 4 is 27.3 Å². The highest BCUT2D eigenvalue weighted by atomic mass is 32.2. The van der Waals surface area contributed by atoms with Crippen molar-refractivity contribution in [3.63, 3.8) is 0 Å². The Balaban J connectivity index is 1.77. The van der Waals surface area contributed by atoms with Crippen molar-refractivity contribution in [2.24, 2.45) is 0 Å². The van der Waals surface area contributed by atoms with Crippen LogP contribution in [0.15, 0.2) is 71.6 Å². The molecule has 3 aromatic carbocycles. The number of sulfonamides is 1. The minimum Gasteiger partial charge on any atom is -0.497 e. The number of hydrogen-bond acceptors (Lipinski definition) is 5. The summed E-state index contributed by atoms with van der Waals surface area (Å²) in [6.45, 7) is 2.03. The van der Waals surface area contributed by atoms with E-state index in [1.54, 1.807) is 47.4 Å². The number of para-hydroxylation sites is 1. The lowest BCUT2D eigenvalue weighted by atomic mass is 10.2. The summed E-state index contributed by atoms with van der Waals surface area (Å²) in [7, 11) is -1.09. The highest BCUT2D eigenvalue weighted by Gasteiger charge is 2.33. The van der Waals surface area contributed by atoms with Crippen molar-refractivity contribution in [2.75, 3.05) is 36.5 Å². The van der Waals surface area contributed by atoms with Crippen molar-refractivity contribution in [1.82, 2.24) is 0 Å². The summed E-state index contributed by atoms with van der Waals surface area (Å²) in [4.78, 5) is 15.1. The van der Waals surface area contributed by atoms with E-state index < -0.39 is 10.0 Å². The van der Waals surface area contributed by atoms with Crippen LogP contribution in [-0.4, -0.2) is 41.6 Å². The zero-order valence-electron chi connectivity index (χ0n) is 18.8. The van der Waals surface area contributed by atoms with Crippen LogP contribution in [0, 0.1) is 6.92 Å². The number of amides is 1. The van der Waals surface area contributed by atoms with Gasteiger partial charge in [-0.05, 0) is 49.2 Å². The predicted octanol–water partition coefficient (Wildman–Crippen LogP) is 3.80. The van der Waals surface area contributed by atoms with Gasteiger partial charge >= 0.3 is 0 Å². The van der Waals surface area contributed by atoms with Crippen molar-refractivity contribution < 1.29 is 22.7 Å². The lowest BCUT2D eigenvalue weighted by molar-refractivity contribution is -0.117.